The molecule has 3 aromatic carbocycles. The fraction of sp³-hybridized carbons (Fsp3) is 0.367. The maximum absolute atomic E-state index is 13.9. The zero-order chi connectivity index (χ0) is 25.1. The van der Waals surface area contributed by atoms with Crippen molar-refractivity contribution in [1.82, 2.24) is 0 Å². The normalized spacial score (nSPS) is 16.1. The van der Waals surface area contributed by atoms with E-state index in [1.807, 2.05) is 12.1 Å². The molecule has 2 N–H and O–H groups in total. The van der Waals surface area contributed by atoms with E-state index in [9.17, 15) is 9.18 Å². The van der Waals surface area contributed by atoms with Crippen LogP contribution in [0.4, 0.5) is 10.1 Å². The molecule has 1 saturated heterocycles. The summed E-state index contributed by atoms with van der Waals surface area (Å²) in [6.45, 7) is 2.92. The number of nitrogens with zero attached hydrogens (tertiary/aromatic N) is 1. The molecule has 1 aliphatic carbocycles. The smallest absolute Gasteiger partial charge is 0.310 e. The molecule has 0 atom stereocenters. The van der Waals surface area contributed by atoms with Crippen LogP contribution in [0.2, 0.25) is 0 Å². The van der Waals surface area contributed by atoms with E-state index in [0.29, 0.717) is 29.9 Å². The maximum atomic E-state index is 13.9. The van der Waals surface area contributed by atoms with E-state index in [1.165, 1.54) is 50.6 Å². The Hall–Kier alpha value is -3.38. The highest BCUT2D eigenvalue weighted by Crippen LogP contribution is 2.54. The molecule has 1 aliphatic heterocycles. The Labute approximate surface area is 212 Å². The average Bonchev–Trinajstić information content (AvgIpc) is 3.66. The van der Waals surface area contributed by atoms with E-state index < -0.39 is 11.8 Å². The van der Waals surface area contributed by atoms with E-state index in [2.05, 4.69) is 35.2 Å². The number of methoxy groups -OCH3 is 1. The first-order chi connectivity index (χ1) is 17.5. The van der Waals surface area contributed by atoms with Crippen molar-refractivity contribution in [2.45, 2.75) is 45.3 Å². The molecule has 1 spiro atoms. The lowest BCUT2D eigenvalue weighted by atomic mass is 9.92. The van der Waals surface area contributed by atoms with Gasteiger partial charge in [-0.05, 0) is 95.8 Å². The molecule has 3 aromatic rings. The number of ether oxygens (including phenoxy) is 2. The minimum Gasteiger partial charge on any atom is -0.489 e. The van der Waals surface area contributed by atoms with Crippen molar-refractivity contribution in [1.29, 1.82) is 0 Å². The van der Waals surface area contributed by atoms with Crippen LogP contribution in [0.15, 0.2) is 60.7 Å². The summed E-state index contributed by atoms with van der Waals surface area (Å²) in [5, 5.41) is 0. The summed E-state index contributed by atoms with van der Waals surface area (Å²) >= 11 is 0. The van der Waals surface area contributed by atoms with E-state index in [4.69, 9.17) is 15.2 Å². The van der Waals surface area contributed by atoms with Crippen molar-refractivity contribution < 1.29 is 18.7 Å². The number of rotatable bonds is 8. The van der Waals surface area contributed by atoms with Crippen LogP contribution in [0.5, 0.6) is 5.75 Å². The number of hydrogen-bond donors (Lipinski definition) is 1. The predicted molar refractivity (Wildman–Crippen MR) is 139 cm³/mol. The van der Waals surface area contributed by atoms with Crippen LogP contribution < -0.4 is 15.4 Å². The number of hydrogen-bond acceptors (Lipinski definition) is 5. The highest BCUT2D eigenvalue weighted by molar-refractivity contribution is 5.73. The van der Waals surface area contributed by atoms with Gasteiger partial charge in [-0.2, -0.15) is 0 Å². The van der Waals surface area contributed by atoms with Crippen LogP contribution in [-0.2, 0) is 29.1 Å². The van der Waals surface area contributed by atoms with Gasteiger partial charge in [0.25, 0.3) is 0 Å². The minimum absolute atomic E-state index is 0.0453. The summed E-state index contributed by atoms with van der Waals surface area (Å²) in [6, 6.07) is 19.1. The Kier molecular flexibility index (Phi) is 6.97. The third-order valence-electron chi connectivity index (χ3n) is 7.60. The Bertz CT molecular complexity index is 1240. The molecule has 0 unspecified atom stereocenters. The predicted octanol–water partition coefficient (Wildman–Crippen LogP) is 5.63. The van der Waals surface area contributed by atoms with Crippen molar-refractivity contribution in [3.8, 4) is 16.9 Å². The fourth-order valence-electron chi connectivity index (χ4n) is 5.12. The number of nitrogens with two attached hydrogens (primary N) is 1. The first-order valence-electron chi connectivity index (χ1n) is 12.6. The van der Waals surface area contributed by atoms with Gasteiger partial charge in [-0.1, -0.05) is 18.2 Å². The third-order valence-corrected chi connectivity index (χ3v) is 7.60. The number of piperidine rings is 1. The van der Waals surface area contributed by atoms with Crippen LogP contribution in [-0.4, -0.2) is 26.2 Å². The molecule has 1 saturated carbocycles. The Morgan fingerprint density at radius 1 is 0.972 bits per heavy atom. The summed E-state index contributed by atoms with van der Waals surface area (Å²) in [7, 11) is 1.32. The molecule has 0 aromatic heterocycles. The summed E-state index contributed by atoms with van der Waals surface area (Å²) in [6.07, 6.45) is 5.20. The van der Waals surface area contributed by atoms with Crippen LogP contribution in [0.25, 0.3) is 11.1 Å². The summed E-state index contributed by atoms with van der Waals surface area (Å²) in [4.78, 5) is 14.3. The number of anilines is 1. The Balaban J connectivity index is 1.43. The topological polar surface area (TPSA) is 64.8 Å². The molecule has 36 heavy (non-hydrogen) atoms. The molecule has 5 nitrogen and oxygen atoms in total. The SMILES string of the molecule is COC(=O)Cc1cc(F)ccc1OCc1cc(-c2cccc(CN)c2)cc(N2CCC3(CC2)CC3)c1. The monoisotopic (exact) mass is 488 g/mol. The van der Waals surface area contributed by atoms with Gasteiger partial charge in [0, 0.05) is 30.9 Å². The highest BCUT2D eigenvalue weighted by atomic mass is 19.1. The molecule has 5 rings (SSSR count). The molecule has 188 valence electrons. The number of carbonyl (C=O) groups is 1. The van der Waals surface area contributed by atoms with Crippen molar-refractivity contribution in [3.05, 3.63) is 83.2 Å². The number of esters is 1. The van der Waals surface area contributed by atoms with E-state index >= 15 is 0 Å². The Morgan fingerprint density at radius 2 is 1.75 bits per heavy atom. The highest BCUT2D eigenvalue weighted by Gasteiger charge is 2.44. The van der Waals surface area contributed by atoms with Crippen LogP contribution in [0.3, 0.4) is 0 Å². The van der Waals surface area contributed by atoms with Crippen molar-refractivity contribution in [2.75, 3.05) is 25.1 Å². The lowest BCUT2D eigenvalue weighted by Crippen LogP contribution is -2.34. The van der Waals surface area contributed by atoms with Gasteiger partial charge in [0.15, 0.2) is 0 Å². The van der Waals surface area contributed by atoms with Crippen LogP contribution in [0, 0.1) is 11.2 Å². The molecular formula is C30H33FN2O3. The second-order valence-corrected chi connectivity index (χ2v) is 10.1. The zero-order valence-electron chi connectivity index (χ0n) is 20.8. The first-order valence-corrected chi connectivity index (χ1v) is 12.6. The van der Waals surface area contributed by atoms with Crippen LogP contribution in [0.1, 0.15) is 42.4 Å². The second kappa shape index (κ2) is 10.3. The second-order valence-electron chi connectivity index (χ2n) is 10.1. The van der Waals surface area contributed by atoms with Gasteiger partial charge in [0.05, 0.1) is 13.5 Å². The quantitative estimate of drug-likeness (QED) is 0.417. The van der Waals surface area contributed by atoms with Crippen molar-refractivity contribution in [3.63, 3.8) is 0 Å². The standard InChI is InChI=1S/C30H33FN2O3/c1-35-29(34)18-25-16-26(31)5-6-28(25)36-20-22-14-24(23-4-2-3-21(13-23)19-32)17-27(15-22)33-11-9-30(7-8-30)10-12-33/h2-6,13-17H,7-12,18-20,32H2,1H3. The molecule has 0 amide bonds. The lowest BCUT2D eigenvalue weighted by Gasteiger charge is -2.34. The molecule has 6 heteroatoms. The minimum atomic E-state index is -0.437. The number of halogens is 1. The molecule has 0 radical (unpaired) electrons. The van der Waals surface area contributed by atoms with Gasteiger partial charge < -0.3 is 20.1 Å². The van der Waals surface area contributed by atoms with E-state index in [1.54, 1.807) is 6.07 Å². The third kappa shape index (κ3) is 5.54. The summed E-state index contributed by atoms with van der Waals surface area (Å²) in [5.41, 5.74) is 12.5. The van der Waals surface area contributed by atoms with E-state index in [-0.39, 0.29) is 6.42 Å². The molecule has 2 fully saturated rings. The summed E-state index contributed by atoms with van der Waals surface area (Å²) in [5.74, 6) is -0.371. The van der Waals surface area contributed by atoms with Crippen molar-refractivity contribution in [2.24, 2.45) is 11.1 Å². The average molecular weight is 489 g/mol. The van der Waals surface area contributed by atoms with Gasteiger partial charge in [0.1, 0.15) is 18.2 Å². The van der Waals surface area contributed by atoms with Gasteiger partial charge >= 0.3 is 5.97 Å². The van der Waals surface area contributed by atoms with Crippen molar-refractivity contribution >= 4 is 11.7 Å². The zero-order valence-corrected chi connectivity index (χ0v) is 20.8. The molecular weight excluding hydrogens is 455 g/mol. The number of carbonyl (C=O) groups excluding carboxylic acids is 1. The fourth-order valence-corrected chi connectivity index (χ4v) is 5.12. The first kappa shape index (κ1) is 24.3. The summed E-state index contributed by atoms with van der Waals surface area (Å²) < 4.78 is 24.8. The lowest BCUT2D eigenvalue weighted by molar-refractivity contribution is -0.139. The van der Waals surface area contributed by atoms with Gasteiger partial charge in [-0.15, -0.1) is 0 Å². The molecule has 1 heterocycles. The Morgan fingerprint density at radius 3 is 2.47 bits per heavy atom. The van der Waals surface area contributed by atoms with Crippen LogP contribution >= 0.6 is 0 Å². The van der Waals surface area contributed by atoms with Gasteiger partial charge in [-0.3, -0.25) is 4.79 Å². The van der Waals surface area contributed by atoms with Gasteiger partial charge in [0.2, 0.25) is 0 Å². The molecule has 2 aliphatic rings. The molecule has 0 bridgehead atoms. The van der Waals surface area contributed by atoms with E-state index in [0.717, 1.165) is 35.3 Å². The van der Waals surface area contributed by atoms with Gasteiger partial charge in [-0.25, -0.2) is 4.39 Å². The maximum Gasteiger partial charge on any atom is 0.310 e. The largest absolute Gasteiger partial charge is 0.489 e. The number of benzene rings is 3.